The molecule has 1 heterocycles. The molecule has 0 saturated heterocycles. The van der Waals surface area contributed by atoms with E-state index in [1.807, 2.05) is 49.4 Å². The van der Waals surface area contributed by atoms with Crippen LogP contribution in [0.5, 0.6) is 0 Å². The molecule has 0 aliphatic rings. The van der Waals surface area contributed by atoms with Gasteiger partial charge in [0.1, 0.15) is 5.69 Å². The zero-order chi connectivity index (χ0) is 17.6. The van der Waals surface area contributed by atoms with E-state index in [0.717, 1.165) is 16.9 Å². The molecule has 1 amide bonds. The van der Waals surface area contributed by atoms with Gasteiger partial charge in [-0.2, -0.15) is 0 Å². The van der Waals surface area contributed by atoms with E-state index < -0.39 is 0 Å². The maximum atomic E-state index is 12.3. The Labute approximate surface area is 151 Å². The Bertz CT molecular complexity index is 861. The molecule has 1 aromatic heterocycles. The fourth-order valence-electron chi connectivity index (χ4n) is 2.31. The van der Waals surface area contributed by atoms with Crippen molar-refractivity contribution >= 4 is 28.9 Å². The molecule has 2 N–H and O–H groups in total. The number of hydrogen-bond donors (Lipinski definition) is 2. The number of benzene rings is 2. The molecular weight excluding hydrogens is 334 g/mol. The third-order valence-electron chi connectivity index (χ3n) is 3.70. The van der Waals surface area contributed by atoms with Crippen LogP contribution in [-0.2, 0) is 6.54 Å². The molecule has 126 valence electrons. The second kappa shape index (κ2) is 7.81. The van der Waals surface area contributed by atoms with Gasteiger partial charge in [-0.1, -0.05) is 41.4 Å². The van der Waals surface area contributed by atoms with Crippen molar-refractivity contribution in [1.82, 2.24) is 10.3 Å². The quantitative estimate of drug-likeness (QED) is 0.699. The number of carbonyl (C=O) groups is 1. The summed E-state index contributed by atoms with van der Waals surface area (Å²) in [5.41, 5.74) is 4.32. The van der Waals surface area contributed by atoms with Crippen LogP contribution in [0.3, 0.4) is 0 Å². The highest BCUT2D eigenvalue weighted by atomic mass is 35.5. The smallest absolute Gasteiger partial charge is 0.270 e. The van der Waals surface area contributed by atoms with E-state index in [9.17, 15) is 4.79 Å². The molecule has 0 aliphatic heterocycles. The van der Waals surface area contributed by atoms with Gasteiger partial charge in [0.15, 0.2) is 0 Å². The summed E-state index contributed by atoms with van der Waals surface area (Å²) in [7, 11) is 0. The van der Waals surface area contributed by atoms with Crippen LogP contribution in [0.15, 0.2) is 66.9 Å². The number of hydrogen-bond acceptors (Lipinski definition) is 3. The number of aromatic nitrogens is 1. The first kappa shape index (κ1) is 17.0. The molecule has 0 spiro atoms. The largest absolute Gasteiger partial charge is 0.355 e. The highest BCUT2D eigenvalue weighted by Gasteiger charge is 2.08. The van der Waals surface area contributed by atoms with Crippen LogP contribution >= 0.6 is 11.6 Å². The van der Waals surface area contributed by atoms with Gasteiger partial charge in [0.2, 0.25) is 0 Å². The van der Waals surface area contributed by atoms with Crippen LogP contribution in [0.2, 0.25) is 5.02 Å². The molecule has 4 nitrogen and oxygen atoms in total. The highest BCUT2D eigenvalue weighted by molar-refractivity contribution is 6.30. The summed E-state index contributed by atoms with van der Waals surface area (Å²) in [4.78, 5) is 16.5. The topological polar surface area (TPSA) is 54.0 Å². The third-order valence-corrected chi connectivity index (χ3v) is 3.95. The zero-order valence-corrected chi connectivity index (χ0v) is 14.5. The zero-order valence-electron chi connectivity index (χ0n) is 13.8. The van der Waals surface area contributed by atoms with Crippen LogP contribution in [-0.4, -0.2) is 10.9 Å². The van der Waals surface area contributed by atoms with Gasteiger partial charge >= 0.3 is 0 Å². The molecule has 2 aromatic carbocycles. The van der Waals surface area contributed by atoms with E-state index in [-0.39, 0.29) is 5.91 Å². The second-order valence-electron chi connectivity index (χ2n) is 5.73. The van der Waals surface area contributed by atoms with Crippen molar-refractivity contribution in [2.24, 2.45) is 0 Å². The number of nitrogens with one attached hydrogen (secondary N) is 2. The van der Waals surface area contributed by atoms with Gasteiger partial charge in [0.25, 0.3) is 5.91 Å². The maximum absolute atomic E-state index is 12.3. The van der Waals surface area contributed by atoms with E-state index >= 15 is 0 Å². The molecule has 3 rings (SSSR count). The Morgan fingerprint density at radius 2 is 1.72 bits per heavy atom. The van der Waals surface area contributed by atoms with Gasteiger partial charge < -0.3 is 10.6 Å². The molecule has 25 heavy (non-hydrogen) atoms. The lowest BCUT2D eigenvalue weighted by molar-refractivity contribution is 0.0946. The third kappa shape index (κ3) is 4.81. The molecule has 0 radical (unpaired) electrons. The molecule has 0 atom stereocenters. The molecular formula is C20H18ClN3O. The van der Waals surface area contributed by atoms with E-state index in [4.69, 9.17) is 11.6 Å². The van der Waals surface area contributed by atoms with Crippen LogP contribution in [0.4, 0.5) is 11.4 Å². The number of amides is 1. The summed E-state index contributed by atoms with van der Waals surface area (Å²) in [5.74, 6) is -0.220. The van der Waals surface area contributed by atoms with Gasteiger partial charge in [-0.3, -0.25) is 9.78 Å². The number of aryl methyl sites for hydroxylation is 1. The number of nitrogens with zero attached hydrogens (tertiary/aromatic N) is 1. The van der Waals surface area contributed by atoms with Crippen molar-refractivity contribution in [2.75, 3.05) is 5.32 Å². The van der Waals surface area contributed by atoms with Crippen molar-refractivity contribution in [3.63, 3.8) is 0 Å². The van der Waals surface area contributed by atoms with Gasteiger partial charge in [0, 0.05) is 29.1 Å². The van der Waals surface area contributed by atoms with Gasteiger partial charge in [-0.05, 0) is 48.9 Å². The predicted molar refractivity (Wildman–Crippen MR) is 101 cm³/mol. The van der Waals surface area contributed by atoms with Gasteiger partial charge in [-0.15, -0.1) is 0 Å². The standard InChI is InChI=1S/C20H18ClN3O/c1-14-2-8-17(9-3-14)24-18-10-11-22-19(12-18)20(25)23-13-15-4-6-16(21)7-5-15/h2-12H,13H2,1H3,(H,22,24)(H,23,25). The molecule has 0 aliphatic carbocycles. The number of anilines is 2. The number of rotatable bonds is 5. The molecule has 0 saturated carbocycles. The minimum absolute atomic E-state index is 0.220. The van der Waals surface area contributed by atoms with Gasteiger partial charge in [0.05, 0.1) is 0 Å². The van der Waals surface area contributed by atoms with E-state index in [0.29, 0.717) is 17.3 Å². The van der Waals surface area contributed by atoms with Crippen LogP contribution in [0, 0.1) is 6.92 Å². The fraction of sp³-hybridized carbons (Fsp3) is 0.100. The lowest BCUT2D eigenvalue weighted by atomic mass is 10.2. The predicted octanol–water partition coefficient (Wildman–Crippen LogP) is 4.72. The fourth-order valence-corrected chi connectivity index (χ4v) is 2.44. The average Bonchev–Trinajstić information content (AvgIpc) is 2.63. The first-order valence-corrected chi connectivity index (χ1v) is 8.30. The molecule has 0 unspecified atom stereocenters. The van der Waals surface area contributed by atoms with Gasteiger partial charge in [-0.25, -0.2) is 0 Å². The van der Waals surface area contributed by atoms with Crippen LogP contribution < -0.4 is 10.6 Å². The van der Waals surface area contributed by atoms with Crippen LogP contribution in [0.25, 0.3) is 0 Å². The number of pyridine rings is 1. The summed E-state index contributed by atoms with van der Waals surface area (Å²) in [6.07, 6.45) is 1.62. The lowest BCUT2D eigenvalue weighted by Gasteiger charge is -2.09. The highest BCUT2D eigenvalue weighted by Crippen LogP contribution is 2.17. The Morgan fingerprint density at radius 3 is 2.44 bits per heavy atom. The maximum Gasteiger partial charge on any atom is 0.270 e. The second-order valence-corrected chi connectivity index (χ2v) is 6.17. The number of carbonyl (C=O) groups excluding carboxylic acids is 1. The Kier molecular flexibility index (Phi) is 5.31. The SMILES string of the molecule is Cc1ccc(Nc2ccnc(C(=O)NCc3ccc(Cl)cc3)c2)cc1. The summed E-state index contributed by atoms with van der Waals surface area (Å²) >= 11 is 5.86. The van der Waals surface area contributed by atoms with E-state index in [2.05, 4.69) is 15.6 Å². The van der Waals surface area contributed by atoms with E-state index in [1.165, 1.54) is 5.56 Å². The number of halogens is 1. The monoisotopic (exact) mass is 351 g/mol. The average molecular weight is 352 g/mol. The normalized spacial score (nSPS) is 10.3. The van der Waals surface area contributed by atoms with Crippen molar-refractivity contribution < 1.29 is 4.79 Å². The van der Waals surface area contributed by atoms with Crippen molar-refractivity contribution in [1.29, 1.82) is 0 Å². The Balaban J connectivity index is 1.64. The molecule has 5 heteroatoms. The summed E-state index contributed by atoms with van der Waals surface area (Å²) < 4.78 is 0. The molecule has 0 bridgehead atoms. The first-order chi connectivity index (χ1) is 12.1. The van der Waals surface area contributed by atoms with Crippen molar-refractivity contribution in [2.45, 2.75) is 13.5 Å². The molecule has 3 aromatic rings. The summed E-state index contributed by atoms with van der Waals surface area (Å²) in [6, 6.07) is 19.0. The molecule has 0 fully saturated rings. The lowest BCUT2D eigenvalue weighted by Crippen LogP contribution is -2.23. The Morgan fingerprint density at radius 1 is 1.00 bits per heavy atom. The van der Waals surface area contributed by atoms with Crippen molar-refractivity contribution in [3.05, 3.63) is 88.7 Å². The van der Waals surface area contributed by atoms with E-state index in [1.54, 1.807) is 24.4 Å². The van der Waals surface area contributed by atoms with Crippen LogP contribution in [0.1, 0.15) is 21.6 Å². The first-order valence-electron chi connectivity index (χ1n) is 7.92. The summed E-state index contributed by atoms with van der Waals surface area (Å²) in [6.45, 7) is 2.46. The minimum atomic E-state index is -0.220. The minimum Gasteiger partial charge on any atom is -0.355 e. The summed E-state index contributed by atoms with van der Waals surface area (Å²) in [5, 5.41) is 6.81. The Hall–Kier alpha value is -2.85. The van der Waals surface area contributed by atoms with Crippen molar-refractivity contribution in [3.8, 4) is 0 Å².